The molecule has 0 saturated heterocycles. The zero-order chi connectivity index (χ0) is 29.6. The molecule has 146 valence electrons. The standard InChI is InChI=1S/C22H25N3O2S/c23-22-25-19(15-28-22)14-21(27)24-18-12-10-16(11-13-18)6-4-5-9-20(26)17-7-2-1-3-8-17/h1-3,7-8,10-13,15,20,26H,4-6,9,14H2,(H2,23,25)(H,24,27)/t20-/m0/s1/i4D2,9D2,10D,11D,12D,13D,14D2,20D. The van der Waals surface area contributed by atoms with Crippen LogP contribution >= 0.6 is 11.3 Å². The zero-order valence-electron chi connectivity index (χ0n) is 25.7. The Labute approximate surface area is 184 Å². The first kappa shape index (κ1) is 10.2. The Hall–Kier alpha value is -2.70. The molecule has 1 aromatic heterocycles. The Bertz CT molecular complexity index is 1350. The first-order valence-corrected chi connectivity index (χ1v) is 9.10. The van der Waals surface area contributed by atoms with Crippen molar-refractivity contribution in [2.45, 2.75) is 38.0 Å². The van der Waals surface area contributed by atoms with Gasteiger partial charge in [0.05, 0.1) is 25.0 Å². The van der Waals surface area contributed by atoms with E-state index in [2.05, 4.69) is 10.3 Å². The van der Waals surface area contributed by atoms with Gasteiger partial charge in [0.1, 0.15) is 0 Å². The summed E-state index contributed by atoms with van der Waals surface area (Å²) >= 11 is 0.900. The molecule has 0 bridgehead atoms. The molecule has 1 atom stereocenters. The van der Waals surface area contributed by atoms with E-state index in [4.69, 9.17) is 20.8 Å². The maximum atomic E-state index is 12.7. The van der Waals surface area contributed by atoms with Crippen LogP contribution in [0.1, 0.15) is 57.1 Å². The van der Waals surface area contributed by atoms with Crippen molar-refractivity contribution in [1.29, 1.82) is 0 Å². The van der Waals surface area contributed by atoms with Crippen molar-refractivity contribution in [3.8, 4) is 0 Å². The number of amides is 1. The van der Waals surface area contributed by atoms with Crippen molar-refractivity contribution < 1.29 is 25.0 Å². The lowest BCUT2D eigenvalue weighted by Gasteiger charge is -2.10. The normalized spacial score (nSPS) is 20.2. The Morgan fingerprint density at radius 3 is 2.75 bits per heavy atom. The average molecular weight is 407 g/mol. The second-order valence-corrected chi connectivity index (χ2v) is 6.39. The number of carbonyl (C=O) groups excluding carboxylic acids is 1. The summed E-state index contributed by atoms with van der Waals surface area (Å²) in [6.07, 6.45) is -12.7. The number of benzene rings is 2. The molecule has 4 N–H and O–H groups in total. The van der Waals surface area contributed by atoms with Gasteiger partial charge in [-0.25, -0.2) is 4.98 Å². The van der Waals surface area contributed by atoms with E-state index in [1.807, 2.05) is 0 Å². The molecule has 0 saturated carbocycles. The molecule has 0 spiro atoms. The number of carbonyl (C=O) groups is 1. The van der Waals surface area contributed by atoms with Crippen molar-refractivity contribution >= 4 is 28.1 Å². The van der Waals surface area contributed by atoms with Crippen LogP contribution in [0.25, 0.3) is 0 Å². The monoisotopic (exact) mass is 406 g/mol. The van der Waals surface area contributed by atoms with Gasteiger partial charge in [0.2, 0.25) is 5.91 Å². The van der Waals surface area contributed by atoms with Crippen molar-refractivity contribution in [2.24, 2.45) is 0 Å². The minimum atomic E-state index is -2.83. The van der Waals surface area contributed by atoms with Crippen LogP contribution in [0.15, 0.2) is 59.9 Å². The molecule has 0 fully saturated rings. The van der Waals surface area contributed by atoms with E-state index in [0.717, 1.165) is 11.3 Å². The van der Waals surface area contributed by atoms with Gasteiger partial charge >= 0.3 is 0 Å². The van der Waals surface area contributed by atoms with Crippen LogP contribution in [-0.2, 0) is 17.6 Å². The molecule has 3 rings (SSSR count). The number of nitrogens with one attached hydrogen (secondary N) is 1. The highest BCUT2D eigenvalue weighted by Gasteiger charge is 2.08. The molecule has 1 heterocycles. The fourth-order valence-corrected chi connectivity index (χ4v) is 2.62. The first-order chi connectivity index (χ1) is 17.8. The first-order valence-electron chi connectivity index (χ1n) is 13.7. The number of nitrogens with zero attached hydrogens (tertiary/aromatic N) is 1. The summed E-state index contributed by atoms with van der Waals surface area (Å²) in [5.41, 5.74) is 4.03. The van der Waals surface area contributed by atoms with E-state index in [9.17, 15) is 9.90 Å². The van der Waals surface area contributed by atoms with Gasteiger partial charge in [-0.3, -0.25) is 4.79 Å². The molecule has 1 amide bonds. The average Bonchev–Trinajstić information content (AvgIpc) is 3.30. The lowest BCUT2D eigenvalue weighted by Crippen LogP contribution is -2.14. The van der Waals surface area contributed by atoms with Crippen LogP contribution in [0.5, 0.6) is 0 Å². The van der Waals surface area contributed by atoms with Crippen LogP contribution in [0.2, 0.25) is 0 Å². The molecule has 0 unspecified atom stereocenters. The van der Waals surface area contributed by atoms with Crippen molar-refractivity contribution in [1.82, 2.24) is 4.98 Å². The topological polar surface area (TPSA) is 88.2 Å². The summed E-state index contributed by atoms with van der Waals surface area (Å²) in [5, 5.41) is 13.9. The van der Waals surface area contributed by atoms with Gasteiger partial charge < -0.3 is 16.2 Å². The molecule has 2 aromatic carbocycles. The smallest absolute Gasteiger partial charge is 0.230 e. The van der Waals surface area contributed by atoms with Gasteiger partial charge in [-0.1, -0.05) is 48.8 Å². The van der Waals surface area contributed by atoms with E-state index < -0.39 is 79.4 Å². The third-order valence-electron chi connectivity index (χ3n) is 3.41. The predicted molar refractivity (Wildman–Crippen MR) is 114 cm³/mol. The third kappa shape index (κ3) is 6.18. The summed E-state index contributed by atoms with van der Waals surface area (Å²) in [6.45, 7) is 0. The number of nitrogens with two attached hydrogens (primary N) is 1. The highest BCUT2D eigenvalue weighted by Crippen LogP contribution is 2.20. The molecule has 0 aliphatic heterocycles. The lowest BCUT2D eigenvalue weighted by molar-refractivity contribution is -0.115. The molecule has 0 aliphatic rings. The number of hydrogen-bond acceptors (Lipinski definition) is 5. The molecule has 28 heavy (non-hydrogen) atoms. The molecule has 3 aromatic rings. The molecule has 6 heteroatoms. The largest absolute Gasteiger partial charge is 0.388 e. The second kappa shape index (κ2) is 10.0. The van der Waals surface area contributed by atoms with Crippen LogP contribution in [0.3, 0.4) is 0 Å². The zero-order valence-corrected chi connectivity index (χ0v) is 15.5. The van der Waals surface area contributed by atoms with Crippen LogP contribution in [-0.4, -0.2) is 16.0 Å². The number of anilines is 2. The van der Waals surface area contributed by atoms with Gasteiger partial charge in [-0.2, -0.15) is 0 Å². The minimum Gasteiger partial charge on any atom is -0.388 e. The van der Waals surface area contributed by atoms with E-state index in [1.54, 1.807) is 6.07 Å². The molecular weight excluding hydrogens is 370 g/mol. The van der Waals surface area contributed by atoms with Crippen LogP contribution in [0.4, 0.5) is 10.8 Å². The Morgan fingerprint density at radius 1 is 1.32 bits per heavy atom. The minimum absolute atomic E-state index is 0.0153. The summed E-state index contributed by atoms with van der Waals surface area (Å²) in [6, 6.07) is 4.23. The highest BCUT2D eigenvalue weighted by atomic mass is 32.1. The second-order valence-electron chi connectivity index (χ2n) is 5.50. The maximum absolute atomic E-state index is 12.7. The fraction of sp³-hybridized carbons (Fsp3) is 0.273. The van der Waals surface area contributed by atoms with E-state index in [-0.39, 0.29) is 16.4 Å². The van der Waals surface area contributed by atoms with Crippen LogP contribution < -0.4 is 11.1 Å². The molecule has 0 aliphatic carbocycles. The number of thiazole rings is 1. The molecule has 0 radical (unpaired) electrons. The predicted octanol–water partition coefficient (Wildman–Crippen LogP) is 4.35. The summed E-state index contributed by atoms with van der Waals surface area (Å²) in [5.74, 6) is -1.32. The van der Waals surface area contributed by atoms with Crippen molar-refractivity contribution in [3.05, 3.63) is 76.7 Å². The third-order valence-corrected chi connectivity index (χ3v) is 4.08. The van der Waals surface area contributed by atoms with Gasteiger partial charge in [0.15, 0.2) is 5.13 Å². The summed E-state index contributed by atoms with van der Waals surface area (Å²) < 4.78 is 90.6. The van der Waals surface area contributed by atoms with Crippen LogP contribution in [0, 0.1) is 0 Å². The van der Waals surface area contributed by atoms with E-state index in [0.29, 0.717) is 0 Å². The quantitative estimate of drug-likeness (QED) is 0.493. The van der Waals surface area contributed by atoms with Gasteiger partial charge in [0.25, 0.3) is 0 Å². The number of aliphatic hydroxyl groups is 1. The van der Waals surface area contributed by atoms with Gasteiger partial charge in [0, 0.05) is 19.3 Å². The van der Waals surface area contributed by atoms with E-state index >= 15 is 0 Å². The van der Waals surface area contributed by atoms with Crippen molar-refractivity contribution in [2.75, 3.05) is 11.1 Å². The maximum Gasteiger partial charge on any atom is 0.230 e. The van der Waals surface area contributed by atoms with Gasteiger partial charge in [-0.15, -0.1) is 11.3 Å². The van der Waals surface area contributed by atoms with E-state index in [1.165, 1.54) is 29.6 Å². The number of rotatable bonds is 9. The number of nitrogen functional groups attached to an aromatic ring is 1. The fourth-order valence-electron chi connectivity index (χ4n) is 2.13. The number of aromatic nitrogens is 1. The number of hydrogen-bond donors (Lipinski definition) is 3. The van der Waals surface area contributed by atoms with Crippen molar-refractivity contribution in [3.63, 3.8) is 0 Å². The summed E-state index contributed by atoms with van der Waals surface area (Å²) in [4.78, 5) is 16.4. The van der Waals surface area contributed by atoms with Gasteiger partial charge in [-0.05, 0) is 42.4 Å². The molecule has 5 nitrogen and oxygen atoms in total. The Balaban J connectivity index is 1.90. The Kier molecular flexibility index (Phi) is 3.64. The summed E-state index contributed by atoms with van der Waals surface area (Å²) in [7, 11) is 0. The Morgan fingerprint density at radius 2 is 2.07 bits per heavy atom. The SMILES string of the molecule is [2H]c1c([2H])c(NC(=O)C([2H])([2H])c2csc(N)n2)c([2H])c([2H])c1CC([2H])([2H])CC([2H])([2H])[C@]([2H])(O)c1ccccc1. The lowest BCUT2D eigenvalue weighted by atomic mass is 10.0. The molecular formula is C22H25N3O2S. The highest BCUT2D eigenvalue weighted by molar-refractivity contribution is 7.13.